The van der Waals surface area contributed by atoms with E-state index in [4.69, 9.17) is 11.6 Å². The van der Waals surface area contributed by atoms with E-state index in [2.05, 4.69) is 15.3 Å². The van der Waals surface area contributed by atoms with Gasteiger partial charge in [0, 0.05) is 12.1 Å². The molecule has 0 aromatic carbocycles. The summed E-state index contributed by atoms with van der Waals surface area (Å²) in [5.41, 5.74) is 0. The zero-order valence-corrected chi connectivity index (χ0v) is 10.7. The average molecular weight is 296 g/mol. The van der Waals surface area contributed by atoms with Crippen LogP contribution < -0.4 is 5.32 Å². The number of nitrogens with zero attached hydrogens (tertiary/aromatic N) is 2. The van der Waals surface area contributed by atoms with Gasteiger partial charge in [0.25, 0.3) is 0 Å². The lowest BCUT2D eigenvalue weighted by Crippen LogP contribution is -2.29. The Morgan fingerprint density at radius 3 is 2.42 bits per heavy atom. The lowest BCUT2D eigenvalue weighted by molar-refractivity contribution is -0.144. The quantitative estimate of drug-likeness (QED) is 0.824. The van der Waals surface area contributed by atoms with Gasteiger partial charge in [0.1, 0.15) is 11.0 Å². The van der Waals surface area contributed by atoms with Crippen LogP contribution in [0.2, 0.25) is 5.15 Å². The van der Waals surface area contributed by atoms with Crippen LogP contribution in [0.1, 0.15) is 31.5 Å². The summed E-state index contributed by atoms with van der Waals surface area (Å²) in [6.07, 6.45) is -2.32. The third-order valence-electron chi connectivity index (χ3n) is 3.00. The van der Waals surface area contributed by atoms with Gasteiger partial charge >= 0.3 is 6.18 Å². The molecule has 0 radical (unpaired) electrons. The van der Waals surface area contributed by atoms with Crippen LogP contribution in [0, 0.1) is 0 Å². The Bertz CT molecular complexity index is 447. The number of hydrogen-bond acceptors (Lipinski definition) is 4. The first-order valence-electron chi connectivity index (χ1n) is 5.91. The van der Waals surface area contributed by atoms with Gasteiger partial charge in [-0.05, 0) is 25.7 Å². The Morgan fingerprint density at radius 1 is 1.21 bits per heavy atom. The molecule has 106 valence electrons. The van der Waals surface area contributed by atoms with E-state index in [0.717, 1.165) is 0 Å². The maximum atomic E-state index is 12.5. The second-order valence-corrected chi connectivity index (χ2v) is 4.93. The summed E-state index contributed by atoms with van der Waals surface area (Å²) in [5.74, 6) is -1.19. The Labute approximate surface area is 113 Å². The van der Waals surface area contributed by atoms with E-state index in [-0.39, 0.29) is 23.1 Å². The molecule has 0 spiro atoms. The summed E-state index contributed by atoms with van der Waals surface area (Å²) in [4.78, 5) is 6.58. The van der Waals surface area contributed by atoms with Gasteiger partial charge in [-0.3, -0.25) is 0 Å². The minimum atomic E-state index is -4.62. The number of hydrogen-bond donors (Lipinski definition) is 2. The van der Waals surface area contributed by atoms with Crippen molar-refractivity contribution in [3.05, 3.63) is 17.0 Å². The fraction of sp³-hybridized carbons (Fsp3) is 0.636. The number of rotatable bonds is 2. The van der Waals surface area contributed by atoms with Crippen LogP contribution in [-0.2, 0) is 6.18 Å². The third kappa shape index (κ3) is 3.94. The monoisotopic (exact) mass is 295 g/mol. The number of aliphatic hydroxyl groups is 1. The SMILES string of the molecule is OC1CCC(Nc2cc(Cl)nc(C(F)(F)F)n2)CC1. The number of aliphatic hydroxyl groups excluding tert-OH is 1. The van der Waals surface area contributed by atoms with Crippen molar-refractivity contribution in [2.75, 3.05) is 5.32 Å². The Kier molecular flexibility index (Phi) is 4.15. The fourth-order valence-corrected chi connectivity index (χ4v) is 2.23. The van der Waals surface area contributed by atoms with Crippen molar-refractivity contribution < 1.29 is 18.3 Å². The second kappa shape index (κ2) is 5.50. The molecule has 1 aromatic heterocycles. The van der Waals surface area contributed by atoms with Crippen molar-refractivity contribution >= 4 is 17.4 Å². The predicted octanol–water partition coefficient (Wildman–Crippen LogP) is 2.86. The van der Waals surface area contributed by atoms with Gasteiger partial charge < -0.3 is 10.4 Å². The summed E-state index contributed by atoms with van der Waals surface area (Å²) < 4.78 is 37.6. The maximum Gasteiger partial charge on any atom is 0.451 e. The molecule has 1 aliphatic carbocycles. The van der Waals surface area contributed by atoms with Gasteiger partial charge in [0.2, 0.25) is 5.82 Å². The molecule has 0 bridgehead atoms. The highest BCUT2D eigenvalue weighted by Gasteiger charge is 2.35. The van der Waals surface area contributed by atoms with Crippen LogP contribution in [0.15, 0.2) is 6.07 Å². The van der Waals surface area contributed by atoms with Crippen molar-refractivity contribution in [2.45, 2.75) is 44.0 Å². The lowest BCUT2D eigenvalue weighted by Gasteiger charge is -2.26. The van der Waals surface area contributed by atoms with Crippen LogP contribution in [0.3, 0.4) is 0 Å². The zero-order valence-electron chi connectivity index (χ0n) is 9.91. The molecular weight excluding hydrogens is 283 g/mol. The summed E-state index contributed by atoms with van der Waals surface area (Å²) in [6, 6.07) is 1.26. The number of nitrogens with one attached hydrogen (secondary N) is 1. The maximum absolute atomic E-state index is 12.5. The highest BCUT2D eigenvalue weighted by Crippen LogP contribution is 2.29. The van der Waals surface area contributed by atoms with E-state index in [1.54, 1.807) is 0 Å². The molecule has 19 heavy (non-hydrogen) atoms. The normalized spacial score (nSPS) is 24.3. The average Bonchev–Trinajstić information content (AvgIpc) is 2.30. The Hall–Kier alpha value is -1.08. The van der Waals surface area contributed by atoms with Crippen molar-refractivity contribution in [1.82, 2.24) is 9.97 Å². The molecule has 1 saturated carbocycles. The summed E-state index contributed by atoms with van der Waals surface area (Å²) >= 11 is 5.57. The molecule has 1 aliphatic rings. The smallest absolute Gasteiger partial charge is 0.393 e. The molecule has 8 heteroatoms. The van der Waals surface area contributed by atoms with Crippen LogP contribution >= 0.6 is 11.6 Å². The molecule has 2 rings (SSSR count). The molecule has 4 nitrogen and oxygen atoms in total. The van der Waals surface area contributed by atoms with Crippen LogP contribution in [0.25, 0.3) is 0 Å². The molecule has 1 fully saturated rings. The molecule has 2 N–H and O–H groups in total. The molecule has 0 aliphatic heterocycles. The van der Waals surface area contributed by atoms with E-state index in [9.17, 15) is 18.3 Å². The molecule has 1 heterocycles. The summed E-state index contributed by atoms with van der Waals surface area (Å²) in [5, 5.41) is 12.0. The van der Waals surface area contributed by atoms with Gasteiger partial charge in [-0.1, -0.05) is 11.6 Å². The van der Waals surface area contributed by atoms with E-state index in [1.165, 1.54) is 6.07 Å². The first-order valence-corrected chi connectivity index (χ1v) is 6.29. The number of aromatic nitrogens is 2. The minimum absolute atomic E-state index is 0.00421. The van der Waals surface area contributed by atoms with Gasteiger partial charge in [0.05, 0.1) is 6.10 Å². The standard InChI is InChI=1S/C11H13ClF3N3O/c12-8-5-9(18-10(17-8)11(13,14)15)16-6-1-3-7(19)4-2-6/h5-7,19H,1-4H2,(H,16,17,18). The van der Waals surface area contributed by atoms with Crippen LogP contribution in [0.5, 0.6) is 0 Å². The minimum Gasteiger partial charge on any atom is -0.393 e. The van der Waals surface area contributed by atoms with Gasteiger partial charge in [0.15, 0.2) is 0 Å². The number of anilines is 1. The Balaban J connectivity index is 2.10. The van der Waals surface area contributed by atoms with Gasteiger partial charge in [-0.15, -0.1) is 0 Å². The molecule has 0 atom stereocenters. The number of halogens is 4. The predicted molar refractivity (Wildman–Crippen MR) is 63.9 cm³/mol. The second-order valence-electron chi connectivity index (χ2n) is 4.55. The largest absolute Gasteiger partial charge is 0.451 e. The van der Waals surface area contributed by atoms with Crippen molar-refractivity contribution in [3.8, 4) is 0 Å². The van der Waals surface area contributed by atoms with E-state index in [0.29, 0.717) is 25.7 Å². The zero-order chi connectivity index (χ0) is 14.0. The topological polar surface area (TPSA) is 58.0 Å². The lowest BCUT2D eigenvalue weighted by atomic mass is 9.93. The van der Waals surface area contributed by atoms with E-state index >= 15 is 0 Å². The van der Waals surface area contributed by atoms with Crippen molar-refractivity contribution in [2.24, 2.45) is 0 Å². The molecule has 1 aromatic rings. The first-order chi connectivity index (χ1) is 8.84. The number of alkyl halides is 3. The highest BCUT2D eigenvalue weighted by atomic mass is 35.5. The Morgan fingerprint density at radius 2 is 1.84 bits per heavy atom. The molecule has 0 unspecified atom stereocenters. The van der Waals surface area contributed by atoms with E-state index in [1.807, 2.05) is 0 Å². The molecular formula is C11H13ClF3N3O. The fourth-order valence-electron chi connectivity index (χ4n) is 2.05. The van der Waals surface area contributed by atoms with Crippen LogP contribution in [-0.4, -0.2) is 27.2 Å². The van der Waals surface area contributed by atoms with Crippen molar-refractivity contribution in [1.29, 1.82) is 0 Å². The van der Waals surface area contributed by atoms with Crippen molar-refractivity contribution in [3.63, 3.8) is 0 Å². The highest BCUT2D eigenvalue weighted by molar-refractivity contribution is 6.29. The summed E-state index contributed by atoms with van der Waals surface area (Å²) in [7, 11) is 0. The van der Waals surface area contributed by atoms with E-state index < -0.39 is 12.0 Å². The first kappa shape index (κ1) is 14.3. The van der Waals surface area contributed by atoms with Crippen LogP contribution in [0.4, 0.5) is 19.0 Å². The molecule has 0 amide bonds. The van der Waals surface area contributed by atoms with Gasteiger partial charge in [-0.25, -0.2) is 9.97 Å². The molecule has 0 saturated heterocycles. The third-order valence-corrected chi connectivity index (χ3v) is 3.19. The van der Waals surface area contributed by atoms with Gasteiger partial charge in [-0.2, -0.15) is 13.2 Å². The summed E-state index contributed by atoms with van der Waals surface area (Å²) in [6.45, 7) is 0.